The molecular formula is C21H27FN2. The SMILES string of the molecule is Fc1cccc(CCNC2CCN(CCc3ccccc3)CC2)c1. The van der Waals surface area contributed by atoms with Crippen LogP contribution < -0.4 is 5.32 Å². The smallest absolute Gasteiger partial charge is 0.123 e. The molecule has 128 valence electrons. The molecule has 1 heterocycles. The first-order valence-electron chi connectivity index (χ1n) is 9.04. The lowest BCUT2D eigenvalue weighted by atomic mass is 10.0. The summed E-state index contributed by atoms with van der Waals surface area (Å²) in [5.41, 5.74) is 2.50. The standard InChI is InChI=1S/C21H27FN2/c22-20-8-4-7-19(17-20)9-13-23-21-11-15-24(16-12-21)14-10-18-5-2-1-3-6-18/h1-8,17,21,23H,9-16H2. The predicted molar refractivity (Wildman–Crippen MR) is 97.7 cm³/mol. The Morgan fingerprint density at radius 2 is 1.67 bits per heavy atom. The van der Waals surface area contributed by atoms with Crippen LogP contribution in [0.5, 0.6) is 0 Å². The first-order valence-corrected chi connectivity index (χ1v) is 9.04. The molecule has 0 saturated carbocycles. The van der Waals surface area contributed by atoms with Gasteiger partial charge in [-0.3, -0.25) is 0 Å². The molecule has 0 radical (unpaired) electrons. The summed E-state index contributed by atoms with van der Waals surface area (Å²) in [7, 11) is 0. The number of likely N-dealkylation sites (tertiary alicyclic amines) is 1. The number of hydrogen-bond acceptors (Lipinski definition) is 2. The molecule has 1 aliphatic heterocycles. The van der Waals surface area contributed by atoms with E-state index in [1.165, 1.54) is 37.6 Å². The van der Waals surface area contributed by atoms with Crippen molar-refractivity contribution in [2.75, 3.05) is 26.2 Å². The summed E-state index contributed by atoms with van der Waals surface area (Å²) in [6.07, 6.45) is 4.44. The van der Waals surface area contributed by atoms with Gasteiger partial charge < -0.3 is 10.2 Å². The molecule has 0 aromatic heterocycles. The monoisotopic (exact) mass is 326 g/mol. The molecular weight excluding hydrogens is 299 g/mol. The van der Waals surface area contributed by atoms with Crippen LogP contribution in [0.2, 0.25) is 0 Å². The van der Waals surface area contributed by atoms with Gasteiger partial charge in [-0.05, 0) is 68.6 Å². The molecule has 1 saturated heterocycles. The first kappa shape index (κ1) is 17.1. The summed E-state index contributed by atoms with van der Waals surface area (Å²) >= 11 is 0. The van der Waals surface area contributed by atoms with Gasteiger partial charge in [-0.25, -0.2) is 4.39 Å². The molecule has 24 heavy (non-hydrogen) atoms. The first-order chi connectivity index (χ1) is 11.8. The second-order valence-electron chi connectivity index (χ2n) is 6.69. The number of hydrogen-bond donors (Lipinski definition) is 1. The van der Waals surface area contributed by atoms with Crippen LogP contribution in [0.15, 0.2) is 54.6 Å². The predicted octanol–water partition coefficient (Wildman–Crippen LogP) is 3.66. The molecule has 3 rings (SSSR count). The Bertz CT molecular complexity index is 606. The maximum Gasteiger partial charge on any atom is 0.123 e. The van der Waals surface area contributed by atoms with Gasteiger partial charge in [-0.1, -0.05) is 42.5 Å². The molecule has 2 aromatic rings. The minimum Gasteiger partial charge on any atom is -0.314 e. The fraction of sp³-hybridized carbons (Fsp3) is 0.429. The van der Waals surface area contributed by atoms with Crippen LogP contribution in [-0.4, -0.2) is 37.1 Å². The van der Waals surface area contributed by atoms with E-state index in [9.17, 15) is 4.39 Å². The lowest BCUT2D eigenvalue weighted by Crippen LogP contribution is -2.43. The molecule has 0 atom stereocenters. The average Bonchev–Trinajstić information content (AvgIpc) is 2.62. The second-order valence-corrected chi connectivity index (χ2v) is 6.69. The summed E-state index contributed by atoms with van der Waals surface area (Å²) in [5, 5.41) is 3.63. The maximum atomic E-state index is 13.2. The Morgan fingerprint density at radius 1 is 0.917 bits per heavy atom. The Kier molecular flexibility index (Phi) is 6.39. The molecule has 0 unspecified atom stereocenters. The lowest BCUT2D eigenvalue weighted by Gasteiger charge is -2.32. The van der Waals surface area contributed by atoms with E-state index in [4.69, 9.17) is 0 Å². The zero-order valence-corrected chi connectivity index (χ0v) is 14.3. The molecule has 2 nitrogen and oxygen atoms in total. The third-order valence-electron chi connectivity index (χ3n) is 4.88. The second kappa shape index (κ2) is 8.95. The summed E-state index contributed by atoms with van der Waals surface area (Å²) < 4.78 is 13.2. The quantitative estimate of drug-likeness (QED) is 0.835. The van der Waals surface area contributed by atoms with Crippen molar-refractivity contribution in [2.45, 2.75) is 31.7 Å². The van der Waals surface area contributed by atoms with E-state index in [1.54, 1.807) is 12.1 Å². The number of piperidine rings is 1. The minimum atomic E-state index is -0.140. The zero-order valence-electron chi connectivity index (χ0n) is 14.3. The van der Waals surface area contributed by atoms with E-state index < -0.39 is 0 Å². The Labute approximate surface area is 144 Å². The van der Waals surface area contributed by atoms with E-state index in [-0.39, 0.29) is 5.82 Å². The summed E-state index contributed by atoms with van der Waals surface area (Å²) in [5.74, 6) is -0.140. The number of halogens is 1. The van der Waals surface area contributed by atoms with Gasteiger partial charge in [-0.15, -0.1) is 0 Å². The van der Waals surface area contributed by atoms with Gasteiger partial charge in [-0.2, -0.15) is 0 Å². The molecule has 3 heteroatoms. The van der Waals surface area contributed by atoms with Crippen molar-refractivity contribution in [2.24, 2.45) is 0 Å². The molecule has 1 fully saturated rings. The van der Waals surface area contributed by atoms with E-state index in [2.05, 4.69) is 40.5 Å². The Hall–Kier alpha value is -1.71. The fourth-order valence-corrected chi connectivity index (χ4v) is 3.41. The molecule has 0 aliphatic carbocycles. The number of nitrogens with one attached hydrogen (secondary N) is 1. The summed E-state index contributed by atoms with van der Waals surface area (Å²) in [4.78, 5) is 2.57. The number of rotatable bonds is 7. The van der Waals surface area contributed by atoms with Crippen molar-refractivity contribution >= 4 is 0 Å². The number of benzene rings is 2. The third kappa shape index (κ3) is 5.43. The molecule has 0 amide bonds. The summed E-state index contributed by atoms with van der Waals surface area (Å²) in [6, 6.07) is 18.2. The normalized spacial score (nSPS) is 16.4. The van der Waals surface area contributed by atoms with E-state index in [0.29, 0.717) is 6.04 Å². The van der Waals surface area contributed by atoms with Crippen molar-refractivity contribution in [3.63, 3.8) is 0 Å². The van der Waals surface area contributed by atoms with Crippen LogP contribution in [0.1, 0.15) is 24.0 Å². The van der Waals surface area contributed by atoms with E-state index in [1.807, 2.05) is 6.07 Å². The lowest BCUT2D eigenvalue weighted by molar-refractivity contribution is 0.200. The van der Waals surface area contributed by atoms with E-state index >= 15 is 0 Å². The van der Waals surface area contributed by atoms with Crippen molar-refractivity contribution in [3.05, 3.63) is 71.5 Å². The average molecular weight is 326 g/mol. The number of nitrogens with zero attached hydrogens (tertiary/aromatic N) is 1. The van der Waals surface area contributed by atoms with Gasteiger partial charge in [0.25, 0.3) is 0 Å². The zero-order chi connectivity index (χ0) is 16.6. The molecule has 1 aliphatic rings. The minimum absolute atomic E-state index is 0.140. The van der Waals surface area contributed by atoms with Crippen LogP contribution >= 0.6 is 0 Å². The third-order valence-corrected chi connectivity index (χ3v) is 4.88. The van der Waals surface area contributed by atoms with Gasteiger partial charge in [0.05, 0.1) is 0 Å². The molecule has 1 N–H and O–H groups in total. The van der Waals surface area contributed by atoms with Gasteiger partial charge >= 0.3 is 0 Å². The van der Waals surface area contributed by atoms with Gasteiger partial charge in [0.2, 0.25) is 0 Å². The van der Waals surface area contributed by atoms with Gasteiger partial charge in [0.15, 0.2) is 0 Å². The van der Waals surface area contributed by atoms with Crippen molar-refractivity contribution in [1.29, 1.82) is 0 Å². The van der Waals surface area contributed by atoms with Crippen molar-refractivity contribution in [3.8, 4) is 0 Å². The maximum absolute atomic E-state index is 13.2. The topological polar surface area (TPSA) is 15.3 Å². The molecule has 0 spiro atoms. The van der Waals surface area contributed by atoms with Gasteiger partial charge in [0.1, 0.15) is 5.82 Å². The highest BCUT2D eigenvalue weighted by molar-refractivity contribution is 5.16. The summed E-state index contributed by atoms with van der Waals surface area (Å²) in [6.45, 7) is 4.42. The van der Waals surface area contributed by atoms with Crippen LogP contribution in [0.3, 0.4) is 0 Å². The van der Waals surface area contributed by atoms with Crippen LogP contribution in [0.25, 0.3) is 0 Å². The van der Waals surface area contributed by atoms with Gasteiger partial charge in [0, 0.05) is 12.6 Å². The molecule has 2 aromatic carbocycles. The van der Waals surface area contributed by atoms with Crippen LogP contribution in [-0.2, 0) is 12.8 Å². The van der Waals surface area contributed by atoms with Crippen LogP contribution in [0.4, 0.5) is 4.39 Å². The van der Waals surface area contributed by atoms with Crippen LogP contribution in [0, 0.1) is 5.82 Å². The largest absolute Gasteiger partial charge is 0.314 e. The highest BCUT2D eigenvalue weighted by Gasteiger charge is 2.18. The molecule has 0 bridgehead atoms. The Morgan fingerprint density at radius 3 is 2.42 bits per heavy atom. The van der Waals surface area contributed by atoms with E-state index in [0.717, 1.165) is 31.5 Å². The highest BCUT2D eigenvalue weighted by Crippen LogP contribution is 2.12. The highest BCUT2D eigenvalue weighted by atomic mass is 19.1. The fourth-order valence-electron chi connectivity index (χ4n) is 3.41. The van der Waals surface area contributed by atoms with Crippen molar-refractivity contribution < 1.29 is 4.39 Å². The van der Waals surface area contributed by atoms with Crippen molar-refractivity contribution in [1.82, 2.24) is 10.2 Å². The Balaban J connectivity index is 1.32.